The largest absolute Gasteiger partial charge is 0.329 e. The maximum atomic E-state index is 5.78. The molecule has 1 aliphatic rings. The fraction of sp³-hybridized carbons (Fsp3) is 1.00. The molecule has 3 nitrogen and oxygen atoms in total. The van der Waals surface area contributed by atoms with E-state index in [1.165, 1.54) is 32.4 Å². The molecular formula is C10H23N3. The van der Waals surface area contributed by atoms with Gasteiger partial charge in [0.05, 0.1) is 6.67 Å². The van der Waals surface area contributed by atoms with Crippen molar-refractivity contribution in [2.45, 2.75) is 32.2 Å². The van der Waals surface area contributed by atoms with Crippen molar-refractivity contribution in [1.29, 1.82) is 0 Å². The molecule has 1 rings (SSSR count). The summed E-state index contributed by atoms with van der Waals surface area (Å²) in [4.78, 5) is 4.87. The highest BCUT2D eigenvalue weighted by Crippen LogP contribution is 2.12. The summed E-state index contributed by atoms with van der Waals surface area (Å²) in [5.74, 6) is 0. The molecule has 1 atom stereocenters. The maximum absolute atomic E-state index is 5.78. The molecule has 0 saturated carbocycles. The number of likely N-dealkylation sites (N-methyl/N-ethyl adjacent to an activating group) is 1. The second-order valence-electron chi connectivity index (χ2n) is 4.07. The van der Waals surface area contributed by atoms with Gasteiger partial charge < -0.3 is 5.73 Å². The first-order chi connectivity index (χ1) is 6.27. The van der Waals surface area contributed by atoms with Crippen LogP contribution in [0.4, 0.5) is 0 Å². The summed E-state index contributed by atoms with van der Waals surface area (Å²) in [7, 11) is 2.17. The first-order valence-electron chi connectivity index (χ1n) is 5.40. The van der Waals surface area contributed by atoms with Crippen molar-refractivity contribution in [2.24, 2.45) is 5.73 Å². The number of hydrogen-bond donors (Lipinski definition) is 1. The first kappa shape index (κ1) is 11.0. The third-order valence-electron chi connectivity index (χ3n) is 2.87. The highest BCUT2D eigenvalue weighted by atomic mass is 15.4. The van der Waals surface area contributed by atoms with Crippen LogP contribution in [0.5, 0.6) is 0 Å². The molecule has 2 N–H and O–H groups in total. The van der Waals surface area contributed by atoms with Gasteiger partial charge in [-0.15, -0.1) is 0 Å². The lowest BCUT2D eigenvalue weighted by Crippen LogP contribution is -2.39. The molecule has 13 heavy (non-hydrogen) atoms. The Bertz CT molecular complexity index is 138. The molecule has 0 aromatic carbocycles. The van der Waals surface area contributed by atoms with Crippen molar-refractivity contribution in [3.63, 3.8) is 0 Å². The Morgan fingerprint density at radius 3 is 2.62 bits per heavy atom. The van der Waals surface area contributed by atoms with Crippen molar-refractivity contribution < 1.29 is 0 Å². The molecule has 0 amide bonds. The minimum Gasteiger partial charge on any atom is -0.329 e. The van der Waals surface area contributed by atoms with Gasteiger partial charge in [-0.3, -0.25) is 9.80 Å². The van der Waals surface area contributed by atoms with E-state index in [-0.39, 0.29) is 0 Å². The molecule has 1 aliphatic heterocycles. The van der Waals surface area contributed by atoms with E-state index in [0.717, 1.165) is 13.2 Å². The third-order valence-corrected chi connectivity index (χ3v) is 2.87. The van der Waals surface area contributed by atoms with Crippen LogP contribution in [0.1, 0.15) is 26.2 Å². The fourth-order valence-electron chi connectivity index (χ4n) is 1.94. The fourth-order valence-corrected chi connectivity index (χ4v) is 1.94. The summed E-state index contributed by atoms with van der Waals surface area (Å²) in [6, 6.07) is 0.616. The van der Waals surface area contributed by atoms with Crippen molar-refractivity contribution in [3.8, 4) is 0 Å². The molecular weight excluding hydrogens is 162 g/mol. The quantitative estimate of drug-likeness (QED) is 0.684. The normalized spacial score (nSPS) is 22.4. The van der Waals surface area contributed by atoms with E-state index in [1.807, 2.05) is 0 Å². The summed E-state index contributed by atoms with van der Waals surface area (Å²) < 4.78 is 0. The van der Waals surface area contributed by atoms with Gasteiger partial charge >= 0.3 is 0 Å². The Morgan fingerprint density at radius 2 is 2.15 bits per heavy atom. The number of hydrogen-bond acceptors (Lipinski definition) is 3. The van der Waals surface area contributed by atoms with Gasteiger partial charge in [0.15, 0.2) is 0 Å². The molecule has 1 heterocycles. The molecule has 78 valence electrons. The highest BCUT2D eigenvalue weighted by molar-refractivity contribution is 4.77. The van der Waals surface area contributed by atoms with E-state index in [0.29, 0.717) is 6.04 Å². The average Bonchev–Trinajstić information content (AvgIpc) is 2.54. The summed E-state index contributed by atoms with van der Waals surface area (Å²) in [6.07, 6.45) is 3.85. The van der Waals surface area contributed by atoms with Crippen LogP contribution in [0.2, 0.25) is 0 Å². The van der Waals surface area contributed by atoms with Gasteiger partial charge in [-0.2, -0.15) is 0 Å². The summed E-state index contributed by atoms with van der Waals surface area (Å²) >= 11 is 0. The van der Waals surface area contributed by atoms with E-state index in [9.17, 15) is 0 Å². The van der Waals surface area contributed by atoms with Crippen LogP contribution in [0.25, 0.3) is 0 Å². The summed E-state index contributed by atoms with van der Waals surface area (Å²) in [6.45, 7) is 6.55. The van der Waals surface area contributed by atoms with Crippen LogP contribution < -0.4 is 5.73 Å². The number of rotatable bonds is 5. The van der Waals surface area contributed by atoms with Gasteiger partial charge in [-0.1, -0.05) is 19.8 Å². The topological polar surface area (TPSA) is 32.5 Å². The Balaban J connectivity index is 2.29. The SMILES string of the molecule is CCCCC(CN)N1CCN(C)C1. The predicted octanol–water partition coefficient (Wildman–Crippen LogP) is 0.709. The molecule has 0 aromatic heterocycles. The molecule has 3 heteroatoms. The van der Waals surface area contributed by atoms with Crippen molar-refractivity contribution in [3.05, 3.63) is 0 Å². The maximum Gasteiger partial charge on any atom is 0.0507 e. The van der Waals surface area contributed by atoms with Gasteiger partial charge in [-0.25, -0.2) is 0 Å². The second kappa shape index (κ2) is 5.58. The van der Waals surface area contributed by atoms with Gasteiger partial charge in [0.25, 0.3) is 0 Å². The summed E-state index contributed by atoms with van der Waals surface area (Å²) in [5, 5.41) is 0. The Morgan fingerprint density at radius 1 is 1.38 bits per heavy atom. The molecule has 0 radical (unpaired) electrons. The lowest BCUT2D eigenvalue weighted by atomic mass is 10.1. The van der Waals surface area contributed by atoms with Gasteiger partial charge in [0, 0.05) is 25.7 Å². The smallest absolute Gasteiger partial charge is 0.0507 e. The zero-order valence-corrected chi connectivity index (χ0v) is 9.00. The standard InChI is InChI=1S/C10H23N3/c1-3-4-5-10(8-11)13-7-6-12(2)9-13/h10H,3-9,11H2,1-2H3. The molecule has 1 saturated heterocycles. The monoisotopic (exact) mass is 185 g/mol. The van der Waals surface area contributed by atoms with Crippen LogP contribution in [-0.2, 0) is 0 Å². The van der Waals surface area contributed by atoms with Gasteiger partial charge in [0.1, 0.15) is 0 Å². The van der Waals surface area contributed by atoms with Crippen LogP contribution in [0, 0.1) is 0 Å². The molecule has 0 spiro atoms. The van der Waals surface area contributed by atoms with Crippen LogP contribution in [0.15, 0.2) is 0 Å². The number of nitrogens with two attached hydrogens (primary N) is 1. The summed E-state index contributed by atoms with van der Waals surface area (Å²) in [5.41, 5.74) is 5.78. The zero-order chi connectivity index (χ0) is 9.68. The van der Waals surface area contributed by atoms with Crippen LogP contribution in [0.3, 0.4) is 0 Å². The van der Waals surface area contributed by atoms with Crippen molar-refractivity contribution >= 4 is 0 Å². The molecule has 0 aliphatic carbocycles. The van der Waals surface area contributed by atoms with E-state index in [2.05, 4.69) is 23.8 Å². The van der Waals surface area contributed by atoms with Crippen molar-refractivity contribution in [2.75, 3.05) is 33.4 Å². The minimum absolute atomic E-state index is 0.616. The molecule has 1 unspecified atom stereocenters. The van der Waals surface area contributed by atoms with Crippen molar-refractivity contribution in [1.82, 2.24) is 9.80 Å². The predicted molar refractivity (Wildman–Crippen MR) is 56.6 cm³/mol. The van der Waals surface area contributed by atoms with Crippen LogP contribution >= 0.6 is 0 Å². The van der Waals surface area contributed by atoms with Crippen LogP contribution in [-0.4, -0.2) is 49.2 Å². The number of unbranched alkanes of at least 4 members (excludes halogenated alkanes) is 1. The van der Waals surface area contributed by atoms with E-state index in [4.69, 9.17) is 5.73 Å². The molecule has 1 fully saturated rings. The van der Waals surface area contributed by atoms with E-state index < -0.39 is 0 Å². The molecule has 0 aromatic rings. The van der Waals surface area contributed by atoms with Gasteiger partial charge in [-0.05, 0) is 13.5 Å². The Labute approximate surface area is 81.9 Å². The second-order valence-corrected chi connectivity index (χ2v) is 4.07. The minimum atomic E-state index is 0.616. The average molecular weight is 185 g/mol. The van der Waals surface area contributed by atoms with E-state index in [1.54, 1.807) is 0 Å². The van der Waals surface area contributed by atoms with Gasteiger partial charge in [0.2, 0.25) is 0 Å². The highest BCUT2D eigenvalue weighted by Gasteiger charge is 2.22. The Kier molecular flexibility index (Phi) is 4.70. The Hall–Kier alpha value is -0.120. The first-order valence-corrected chi connectivity index (χ1v) is 5.40. The lowest BCUT2D eigenvalue weighted by Gasteiger charge is -2.26. The third kappa shape index (κ3) is 3.25. The van der Waals surface area contributed by atoms with E-state index >= 15 is 0 Å². The number of nitrogens with zero attached hydrogens (tertiary/aromatic N) is 2. The zero-order valence-electron chi connectivity index (χ0n) is 9.00. The lowest BCUT2D eigenvalue weighted by molar-refractivity contribution is 0.198. The molecule has 0 bridgehead atoms.